The second kappa shape index (κ2) is 5.82. The molecule has 102 valence electrons. The van der Waals surface area contributed by atoms with Gasteiger partial charge in [0, 0.05) is 6.54 Å². The fraction of sp³-hybridized carbons (Fsp3) is 0.500. The first-order chi connectivity index (χ1) is 9.11. The number of aryl methyl sites for hydroxylation is 2. The first-order valence-electron chi connectivity index (χ1n) is 6.69. The Morgan fingerprint density at radius 3 is 2.79 bits per heavy atom. The number of aromatic nitrogens is 3. The molecule has 0 saturated carbocycles. The molecule has 0 atom stereocenters. The molecule has 0 bridgehead atoms. The lowest BCUT2D eigenvalue weighted by atomic mass is 10.1. The number of amides is 1. The minimum Gasteiger partial charge on any atom is -0.354 e. The molecule has 1 aromatic heterocycles. The highest BCUT2D eigenvalue weighted by atomic mass is 16.2. The second-order valence-electron chi connectivity index (χ2n) is 4.88. The van der Waals surface area contributed by atoms with Crippen LogP contribution in [0.25, 0.3) is 11.0 Å². The van der Waals surface area contributed by atoms with Gasteiger partial charge in [0.25, 0.3) is 0 Å². The SMILES string of the molecule is CCCCNC(=O)Cn1nnc2cc(C)c(C)cc21. The van der Waals surface area contributed by atoms with Crippen molar-refractivity contribution in [2.75, 3.05) is 6.54 Å². The van der Waals surface area contributed by atoms with Gasteiger partial charge in [-0.3, -0.25) is 4.79 Å². The lowest BCUT2D eigenvalue weighted by Crippen LogP contribution is -2.28. The summed E-state index contributed by atoms with van der Waals surface area (Å²) in [6, 6.07) is 4.03. The van der Waals surface area contributed by atoms with Crippen LogP contribution in [0.3, 0.4) is 0 Å². The second-order valence-corrected chi connectivity index (χ2v) is 4.88. The zero-order valence-electron chi connectivity index (χ0n) is 11.7. The van der Waals surface area contributed by atoms with Crippen LogP contribution >= 0.6 is 0 Å². The average Bonchev–Trinajstić information content (AvgIpc) is 2.73. The van der Waals surface area contributed by atoms with Gasteiger partial charge in [-0.05, 0) is 43.5 Å². The Bertz CT molecular complexity index is 588. The molecule has 0 unspecified atom stereocenters. The number of carbonyl (C=O) groups is 1. The van der Waals surface area contributed by atoms with Gasteiger partial charge in [0.2, 0.25) is 5.91 Å². The smallest absolute Gasteiger partial charge is 0.241 e. The van der Waals surface area contributed by atoms with Crippen molar-refractivity contribution < 1.29 is 4.79 Å². The Morgan fingerprint density at radius 2 is 2.05 bits per heavy atom. The minimum atomic E-state index is -0.0153. The van der Waals surface area contributed by atoms with Gasteiger partial charge in [0.1, 0.15) is 12.1 Å². The van der Waals surface area contributed by atoms with E-state index < -0.39 is 0 Å². The number of hydrogen-bond acceptors (Lipinski definition) is 3. The van der Waals surface area contributed by atoms with Crippen molar-refractivity contribution in [2.45, 2.75) is 40.2 Å². The maximum atomic E-state index is 11.8. The molecule has 1 heterocycles. The summed E-state index contributed by atoms with van der Waals surface area (Å²) in [6.07, 6.45) is 2.08. The number of nitrogens with zero attached hydrogens (tertiary/aromatic N) is 3. The first-order valence-corrected chi connectivity index (χ1v) is 6.69. The Labute approximate surface area is 113 Å². The van der Waals surface area contributed by atoms with Crippen LogP contribution in [0.2, 0.25) is 0 Å². The summed E-state index contributed by atoms with van der Waals surface area (Å²) < 4.78 is 1.66. The molecule has 2 rings (SSSR count). The molecule has 0 spiro atoms. The van der Waals surface area contributed by atoms with Crippen molar-refractivity contribution in [1.82, 2.24) is 20.3 Å². The molecule has 0 saturated heterocycles. The van der Waals surface area contributed by atoms with Crippen LogP contribution in [0.5, 0.6) is 0 Å². The lowest BCUT2D eigenvalue weighted by molar-refractivity contribution is -0.121. The number of nitrogens with one attached hydrogen (secondary N) is 1. The maximum Gasteiger partial charge on any atom is 0.241 e. The molecule has 5 heteroatoms. The van der Waals surface area contributed by atoms with E-state index in [1.807, 2.05) is 26.0 Å². The molecule has 0 radical (unpaired) electrons. The molecule has 0 aliphatic carbocycles. The number of carbonyl (C=O) groups excluding carboxylic acids is 1. The van der Waals surface area contributed by atoms with E-state index in [1.54, 1.807) is 4.68 Å². The first kappa shape index (κ1) is 13.5. The Balaban J connectivity index is 2.13. The van der Waals surface area contributed by atoms with Gasteiger partial charge in [-0.1, -0.05) is 18.6 Å². The van der Waals surface area contributed by atoms with Crippen molar-refractivity contribution in [3.63, 3.8) is 0 Å². The highest BCUT2D eigenvalue weighted by molar-refractivity contribution is 5.80. The molecular weight excluding hydrogens is 240 g/mol. The largest absolute Gasteiger partial charge is 0.354 e. The van der Waals surface area contributed by atoms with Crippen LogP contribution in [0.15, 0.2) is 12.1 Å². The van der Waals surface area contributed by atoms with Crippen LogP contribution < -0.4 is 5.32 Å². The highest BCUT2D eigenvalue weighted by Crippen LogP contribution is 2.16. The quantitative estimate of drug-likeness (QED) is 0.836. The van der Waals surface area contributed by atoms with Crippen LogP contribution in [0.1, 0.15) is 30.9 Å². The molecule has 2 aromatic rings. The van der Waals surface area contributed by atoms with Gasteiger partial charge in [-0.15, -0.1) is 5.10 Å². The Morgan fingerprint density at radius 1 is 1.32 bits per heavy atom. The van der Waals surface area contributed by atoms with E-state index in [1.165, 1.54) is 11.1 Å². The number of fused-ring (bicyclic) bond motifs is 1. The van der Waals surface area contributed by atoms with Crippen LogP contribution in [0.4, 0.5) is 0 Å². The number of rotatable bonds is 5. The van der Waals surface area contributed by atoms with E-state index in [0.717, 1.165) is 30.4 Å². The van der Waals surface area contributed by atoms with Crippen molar-refractivity contribution in [3.05, 3.63) is 23.3 Å². The molecule has 19 heavy (non-hydrogen) atoms. The van der Waals surface area contributed by atoms with Crippen molar-refractivity contribution in [1.29, 1.82) is 0 Å². The predicted octanol–water partition coefficient (Wildman–Crippen LogP) is 1.96. The molecule has 1 aromatic carbocycles. The van der Waals surface area contributed by atoms with E-state index in [4.69, 9.17) is 0 Å². The Kier molecular flexibility index (Phi) is 4.14. The highest BCUT2D eigenvalue weighted by Gasteiger charge is 2.09. The maximum absolute atomic E-state index is 11.8. The van der Waals surface area contributed by atoms with Gasteiger partial charge in [0.15, 0.2) is 0 Å². The third kappa shape index (κ3) is 3.10. The van der Waals surface area contributed by atoms with Gasteiger partial charge >= 0.3 is 0 Å². The molecule has 0 fully saturated rings. The van der Waals surface area contributed by atoms with Gasteiger partial charge in [-0.25, -0.2) is 4.68 Å². The Hall–Kier alpha value is -1.91. The standard InChI is InChI=1S/C14H20N4O/c1-4-5-6-15-14(19)9-18-13-8-11(3)10(2)7-12(13)16-17-18/h7-8H,4-6,9H2,1-3H3,(H,15,19). The van der Waals surface area contributed by atoms with E-state index in [9.17, 15) is 4.79 Å². The van der Waals surface area contributed by atoms with E-state index in [-0.39, 0.29) is 12.5 Å². The number of hydrogen-bond donors (Lipinski definition) is 1. The lowest BCUT2D eigenvalue weighted by Gasteiger charge is -2.05. The van der Waals surface area contributed by atoms with Crippen molar-refractivity contribution in [2.24, 2.45) is 0 Å². The fourth-order valence-corrected chi connectivity index (χ4v) is 1.94. The molecule has 0 aliphatic rings. The fourth-order valence-electron chi connectivity index (χ4n) is 1.94. The van der Waals surface area contributed by atoms with E-state index >= 15 is 0 Å². The topological polar surface area (TPSA) is 59.8 Å². The van der Waals surface area contributed by atoms with Gasteiger partial charge < -0.3 is 5.32 Å². The normalized spacial score (nSPS) is 10.9. The average molecular weight is 260 g/mol. The van der Waals surface area contributed by atoms with Gasteiger partial charge in [-0.2, -0.15) is 0 Å². The summed E-state index contributed by atoms with van der Waals surface area (Å²) in [4.78, 5) is 11.8. The third-order valence-electron chi connectivity index (χ3n) is 3.28. The van der Waals surface area contributed by atoms with Crippen molar-refractivity contribution in [3.8, 4) is 0 Å². The van der Waals surface area contributed by atoms with Crippen LogP contribution in [0, 0.1) is 13.8 Å². The van der Waals surface area contributed by atoms with Crippen LogP contribution in [-0.2, 0) is 11.3 Å². The van der Waals surface area contributed by atoms with Crippen LogP contribution in [-0.4, -0.2) is 27.4 Å². The summed E-state index contributed by atoms with van der Waals surface area (Å²) in [7, 11) is 0. The van der Waals surface area contributed by atoms with E-state index in [2.05, 4.69) is 22.6 Å². The van der Waals surface area contributed by atoms with E-state index in [0.29, 0.717) is 0 Å². The minimum absolute atomic E-state index is 0.0153. The zero-order chi connectivity index (χ0) is 13.8. The summed E-state index contributed by atoms with van der Waals surface area (Å²) in [5, 5.41) is 11.0. The zero-order valence-corrected chi connectivity index (χ0v) is 11.7. The summed E-state index contributed by atoms with van der Waals surface area (Å²) in [5.74, 6) is -0.0153. The van der Waals surface area contributed by atoms with Gasteiger partial charge in [0.05, 0.1) is 5.52 Å². The molecule has 0 aliphatic heterocycles. The summed E-state index contributed by atoms with van der Waals surface area (Å²) in [5.41, 5.74) is 4.12. The predicted molar refractivity (Wildman–Crippen MR) is 74.9 cm³/mol. The van der Waals surface area contributed by atoms with Crippen molar-refractivity contribution >= 4 is 16.9 Å². The summed E-state index contributed by atoms with van der Waals surface area (Å²) >= 11 is 0. The number of unbranched alkanes of at least 4 members (excludes halogenated alkanes) is 1. The molecule has 1 amide bonds. The third-order valence-corrected chi connectivity index (χ3v) is 3.28. The number of benzene rings is 1. The molecular formula is C14H20N4O. The monoisotopic (exact) mass is 260 g/mol. The molecule has 1 N–H and O–H groups in total. The summed E-state index contributed by atoms with van der Waals surface area (Å²) in [6.45, 7) is 7.14. The molecule has 5 nitrogen and oxygen atoms in total.